The number of carbonyl (C=O) groups is 1. The third-order valence-electron chi connectivity index (χ3n) is 3.35. The minimum atomic E-state index is -0.156. The Balaban J connectivity index is 2.30. The molecule has 1 saturated carbocycles. The Morgan fingerprint density at radius 1 is 1.33 bits per heavy atom. The summed E-state index contributed by atoms with van der Waals surface area (Å²) in [5.74, 6) is 0.980. The van der Waals surface area contributed by atoms with Crippen molar-refractivity contribution in [2.24, 2.45) is 5.92 Å². The second-order valence-corrected chi connectivity index (χ2v) is 5.54. The zero-order valence-electron chi connectivity index (χ0n) is 7.48. The molecule has 2 aliphatic carbocycles. The molecule has 2 aliphatic rings. The van der Waals surface area contributed by atoms with E-state index in [0.717, 1.165) is 19.3 Å². The molecule has 0 bridgehead atoms. The number of alkyl halides is 1. The first-order valence-corrected chi connectivity index (χ1v) is 5.21. The Bertz CT molecular complexity index is 280. The van der Waals surface area contributed by atoms with Gasteiger partial charge in [-0.3, -0.25) is 4.79 Å². The van der Waals surface area contributed by atoms with Crippen molar-refractivity contribution in [2.75, 3.05) is 0 Å². The smallest absolute Gasteiger partial charge is 0.150 e. The van der Waals surface area contributed by atoms with Crippen LogP contribution in [0.25, 0.3) is 0 Å². The van der Waals surface area contributed by atoms with E-state index in [1.54, 1.807) is 0 Å². The highest BCUT2D eigenvalue weighted by atomic mass is 79.9. The molecule has 66 valence electrons. The van der Waals surface area contributed by atoms with Gasteiger partial charge < -0.3 is 0 Å². The summed E-state index contributed by atoms with van der Waals surface area (Å²) in [5.41, 5.74) is 2.89. The van der Waals surface area contributed by atoms with Crippen LogP contribution >= 0.6 is 15.9 Å². The van der Waals surface area contributed by atoms with Gasteiger partial charge in [0, 0.05) is 6.42 Å². The van der Waals surface area contributed by atoms with Crippen LogP contribution < -0.4 is 0 Å². The molecule has 0 aromatic carbocycles. The van der Waals surface area contributed by atoms with Gasteiger partial charge in [-0.15, -0.1) is 0 Å². The lowest BCUT2D eigenvalue weighted by Crippen LogP contribution is -2.53. The molecule has 2 atom stereocenters. The van der Waals surface area contributed by atoms with Crippen molar-refractivity contribution in [3.05, 3.63) is 11.1 Å². The van der Waals surface area contributed by atoms with Crippen LogP contribution in [0.3, 0.4) is 0 Å². The number of Topliss-reactive ketones (excluding diaryl/α,β-unsaturated/α-hetero) is 1. The molecular formula is C10H13BrO. The fourth-order valence-electron chi connectivity index (χ4n) is 2.21. The van der Waals surface area contributed by atoms with Crippen LogP contribution in [0.4, 0.5) is 0 Å². The molecule has 2 rings (SSSR count). The second-order valence-electron chi connectivity index (χ2n) is 4.13. The Kier molecular flexibility index (Phi) is 1.73. The Labute approximate surface area is 81.4 Å². The SMILES string of the molecule is CC1=C(C)C[C@@]2(Br)C(=O)C[C@H]2C1. The van der Waals surface area contributed by atoms with E-state index in [1.165, 1.54) is 11.1 Å². The molecule has 0 radical (unpaired) electrons. The van der Waals surface area contributed by atoms with E-state index in [4.69, 9.17) is 0 Å². The predicted octanol–water partition coefficient (Wildman–Crippen LogP) is 2.84. The average Bonchev–Trinajstić information content (AvgIpc) is 2.01. The van der Waals surface area contributed by atoms with Crippen LogP contribution in [-0.2, 0) is 4.79 Å². The molecule has 0 spiro atoms. The highest BCUT2D eigenvalue weighted by Gasteiger charge is 2.54. The lowest BCUT2D eigenvalue weighted by molar-refractivity contribution is -0.131. The molecular weight excluding hydrogens is 216 g/mol. The van der Waals surface area contributed by atoms with Crippen LogP contribution in [-0.4, -0.2) is 10.1 Å². The van der Waals surface area contributed by atoms with Crippen molar-refractivity contribution < 1.29 is 4.79 Å². The summed E-state index contributed by atoms with van der Waals surface area (Å²) in [5, 5.41) is 0. The quantitative estimate of drug-likeness (QED) is 0.461. The van der Waals surface area contributed by atoms with Gasteiger partial charge in [0.05, 0.1) is 4.32 Å². The van der Waals surface area contributed by atoms with Gasteiger partial charge in [-0.25, -0.2) is 0 Å². The van der Waals surface area contributed by atoms with E-state index in [9.17, 15) is 4.79 Å². The summed E-state index contributed by atoms with van der Waals surface area (Å²) in [4.78, 5) is 11.4. The maximum Gasteiger partial charge on any atom is 0.150 e. The molecule has 0 saturated heterocycles. The van der Waals surface area contributed by atoms with Crippen LogP contribution in [0.5, 0.6) is 0 Å². The fraction of sp³-hybridized carbons (Fsp3) is 0.700. The van der Waals surface area contributed by atoms with Crippen molar-refractivity contribution in [3.8, 4) is 0 Å². The molecule has 0 aromatic rings. The molecule has 2 heteroatoms. The minimum absolute atomic E-state index is 0.156. The summed E-state index contributed by atoms with van der Waals surface area (Å²) in [7, 11) is 0. The molecule has 0 heterocycles. The zero-order chi connectivity index (χ0) is 8.93. The zero-order valence-corrected chi connectivity index (χ0v) is 9.07. The monoisotopic (exact) mass is 228 g/mol. The topological polar surface area (TPSA) is 17.1 Å². The van der Waals surface area contributed by atoms with Crippen molar-refractivity contribution in [1.82, 2.24) is 0 Å². The van der Waals surface area contributed by atoms with E-state index in [2.05, 4.69) is 29.8 Å². The van der Waals surface area contributed by atoms with Gasteiger partial charge in [-0.2, -0.15) is 0 Å². The summed E-state index contributed by atoms with van der Waals surface area (Å²) < 4.78 is -0.156. The number of allylic oxidation sites excluding steroid dienone is 2. The van der Waals surface area contributed by atoms with Crippen LogP contribution in [0.2, 0.25) is 0 Å². The largest absolute Gasteiger partial charge is 0.298 e. The predicted molar refractivity (Wildman–Crippen MR) is 52.4 cm³/mol. The van der Waals surface area contributed by atoms with Gasteiger partial charge >= 0.3 is 0 Å². The number of fused-ring (bicyclic) bond motifs is 1. The molecule has 0 aromatic heterocycles. The molecule has 0 amide bonds. The van der Waals surface area contributed by atoms with Crippen LogP contribution in [0.15, 0.2) is 11.1 Å². The van der Waals surface area contributed by atoms with E-state index in [0.29, 0.717) is 11.7 Å². The van der Waals surface area contributed by atoms with Crippen molar-refractivity contribution in [2.45, 2.75) is 37.4 Å². The van der Waals surface area contributed by atoms with Gasteiger partial charge in [-0.05, 0) is 32.6 Å². The van der Waals surface area contributed by atoms with Crippen LogP contribution in [0.1, 0.15) is 33.1 Å². The number of hydrogen-bond acceptors (Lipinski definition) is 1. The lowest BCUT2D eigenvalue weighted by atomic mass is 9.63. The van der Waals surface area contributed by atoms with E-state index in [1.807, 2.05) is 0 Å². The van der Waals surface area contributed by atoms with Crippen molar-refractivity contribution >= 4 is 21.7 Å². The first-order valence-electron chi connectivity index (χ1n) is 4.41. The average molecular weight is 229 g/mol. The Morgan fingerprint density at radius 2 is 2.00 bits per heavy atom. The fourth-order valence-corrected chi connectivity index (χ4v) is 3.12. The van der Waals surface area contributed by atoms with E-state index < -0.39 is 0 Å². The van der Waals surface area contributed by atoms with E-state index in [-0.39, 0.29) is 4.32 Å². The summed E-state index contributed by atoms with van der Waals surface area (Å²) in [6.45, 7) is 4.32. The standard InChI is InChI=1S/C10H13BrO/c1-6-3-8-4-9(12)10(8,11)5-7(6)2/h8H,3-5H2,1-2H3/t8-,10+/m1/s1. The number of halogens is 1. The number of hydrogen-bond donors (Lipinski definition) is 0. The first kappa shape index (κ1) is 8.49. The van der Waals surface area contributed by atoms with E-state index >= 15 is 0 Å². The molecule has 1 nitrogen and oxygen atoms in total. The second kappa shape index (κ2) is 2.44. The third-order valence-corrected chi connectivity index (χ3v) is 4.72. The first-order chi connectivity index (χ1) is 5.54. The molecule has 12 heavy (non-hydrogen) atoms. The molecule has 0 N–H and O–H groups in total. The Hall–Kier alpha value is -0.110. The molecule has 0 aliphatic heterocycles. The summed E-state index contributed by atoms with van der Waals surface area (Å²) in [6.07, 6.45) is 2.83. The van der Waals surface area contributed by atoms with Gasteiger partial charge in [0.2, 0.25) is 0 Å². The van der Waals surface area contributed by atoms with Crippen LogP contribution in [0, 0.1) is 5.92 Å². The maximum atomic E-state index is 11.4. The number of carbonyl (C=O) groups excluding carboxylic acids is 1. The summed E-state index contributed by atoms with van der Waals surface area (Å²) in [6, 6.07) is 0. The Morgan fingerprint density at radius 3 is 2.58 bits per heavy atom. The molecule has 0 unspecified atom stereocenters. The maximum absolute atomic E-state index is 11.4. The minimum Gasteiger partial charge on any atom is -0.298 e. The van der Waals surface area contributed by atoms with Gasteiger partial charge in [-0.1, -0.05) is 27.1 Å². The van der Waals surface area contributed by atoms with Crippen molar-refractivity contribution in [1.29, 1.82) is 0 Å². The highest BCUT2D eigenvalue weighted by molar-refractivity contribution is 9.10. The van der Waals surface area contributed by atoms with Gasteiger partial charge in [0.25, 0.3) is 0 Å². The number of ketones is 1. The lowest BCUT2D eigenvalue weighted by Gasteiger charge is -2.47. The van der Waals surface area contributed by atoms with Gasteiger partial charge in [0.15, 0.2) is 5.78 Å². The molecule has 1 fully saturated rings. The van der Waals surface area contributed by atoms with Crippen molar-refractivity contribution in [3.63, 3.8) is 0 Å². The number of rotatable bonds is 0. The normalized spacial score (nSPS) is 40.9. The summed E-state index contributed by atoms with van der Waals surface area (Å²) >= 11 is 3.59. The highest BCUT2D eigenvalue weighted by Crippen LogP contribution is 2.53. The third kappa shape index (κ3) is 0.936. The van der Waals surface area contributed by atoms with Gasteiger partial charge in [0.1, 0.15) is 0 Å².